The zero-order valence-corrected chi connectivity index (χ0v) is 10.3. The van der Waals surface area contributed by atoms with Crippen LogP contribution in [0.5, 0.6) is 11.5 Å². The van der Waals surface area contributed by atoms with Gasteiger partial charge in [0.2, 0.25) is 0 Å². The molecule has 0 amide bonds. The molecule has 7 heteroatoms. The minimum absolute atomic E-state index is 0.0349. The molecule has 1 aliphatic heterocycles. The number of alkyl halides is 2. The van der Waals surface area contributed by atoms with Crippen LogP contribution in [0.15, 0.2) is 22.8 Å². The lowest BCUT2D eigenvalue weighted by Crippen LogP contribution is -2.25. The second-order valence-electron chi connectivity index (χ2n) is 3.40. The second kappa shape index (κ2) is 3.43. The van der Waals surface area contributed by atoms with E-state index in [-0.39, 0.29) is 11.5 Å². The Bertz CT molecular complexity index is 635. The minimum Gasteiger partial charge on any atom is -0.395 e. The van der Waals surface area contributed by atoms with Crippen LogP contribution in [0.1, 0.15) is 0 Å². The molecule has 0 atom stereocenters. The van der Waals surface area contributed by atoms with Crippen molar-refractivity contribution in [2.75, 3.05) is 0 Å². The Labute approximate surface area is 107 Å². The number of halogens is 4. The molecule has 0 fully saturated rings. The lowest BCUT2D eigenvalue weighted by atomic mass is 10.2. The highest BCUT2D eigenvalue weighted by Gasteiger charge is 2.43. The van der Waals surface area contributed by atoms with Crippen LogP contribution in [0, 0.1) is 0 Å². The van der Waals surface area contributed by atoms with E-state index in [0.717, 1.165) is 0 Å². The fourth-order valence-electron chi connectivity index (χ4n) is 1.58. The number of rotatable bonds is 0. The van der Waals surface area contributed by atoms with Gasteiger partial charge in [-0.3, -0.25) is 4.98 Å². The Morgan fingerprint density at radius 2 is 1.88 bits per heavy atom. The Morgan fingerprint density at radius 1 is 1.24 bits per heavy atom. The van der Waals surface area contributed by atoms with Crippen molar-refractivity contribution < 1.29 is 18.3 Å². The Balaban J connectivity index is 2.27. The number of pyridine rings is 1. The average molecular weight is 322 g/mol. The Kier molecular flexibility index (Phi) is 2.21. The maximum Gasteiger partial charge on any atom is 0.586 e. The lowest BCUT2D eigenvalue weighted by Gasteiger charge is -2.04. The van der Waals surface area contributed by atoms with Gasteiger partial charge in [0.1, 0.15) is 0 Å². The van der Waals surface area contributed by atoms with Crippen molar-refractivity contribution in [2.24, 2.45) is 0 Å². The SMILES string of the molecule is FC1(F)Oc2cc3ncc(Cl)c(Br)c3cc2O1. The van der Waals surface area contributed by atoms with Gasteiger partial charge in [-0.05, 0) is 22.0 Å². The van der Waals surface area contributed by atoms with Gasteiger partial charge in [0, 0.05) is 22.1 Å². The van der Waals surface area contributed by atoms with Gasteiger partial charge in [-0.15, -0.1) is 8.78 Å². The summed E-state index contributed by atoms with van der Waals surface area (Å²) in [5.41, 5.74) is 0.487. The summed E-state index contributed by atoms with van der Waals surface area (Å²) < 4.78 is 35.0. The predicted octanol–water partition coefficient (Wildman–Crippen LogP) is 3.97. The van der Waals surface area contributed by atoms with E-state index in [9.17, 15) is 8.78 Å². The number of fused-ring (bicyclic) bond motifs is 2. The van der Waals surface area contributed by atoms with E-state index in [1.165, 1.54) is 18.3 Å². The summed E-state index contributed by atoms with van der Waals surface area (Å²) in [4.78, 5) is 4.02. The normalized spacial score (nSPS) is 16.5. The molecule has 0 radical (unpaired) electrons. The Hall–Kier alpha value is -1.14. The number of ether oxygens (including phenoxy) is 2. The van der Waals surface area contributed by atoms with Gasteiger partial charge >= 0.3 is 6.29 Å². The van der Waals surface area contributed by atoms with Crippen molar-refractivity contribution in [1.29, 1.82) is 0 Å². The molecule has 0 unspecified atom stereocenters. The third-order valence-electron chi connectivity index (χ3n) is 2.28. The van der Waals surface area contributed by atoms with E-state index in [1.807, 2.05) is 0 Å². The summed E-state index contributed by atoms with van der Waals surface area (Å²) in [5.74, 6) is -0.0727. The molecule has 1 aromatic heterocycles. The number of hydrogen-bond acceptors (Lipinski definition) is 3. The van der Waals surface area contributed by atoms with E-state index >= 15 is 0 Å². The first-order valence-electron chi connectivity index (χ1n) is 4.50. The highest BCUT2D eigenvalue weighted by atomic mass is 79.9. The molecule has 0 saturated heterocycles. The first kappa shape index (κ1) is 11.0. The molecule has 2 heterocycles. The van der Waals surface area contributed by atoms with E-state index in [2.05, 4.69) is 30.4 Å². The molecule has 3 nitrogen and oxygen atoms in total. The minimum atomic E-state index is -3.63. The van der Waals surface area contributed by atoms with E-state index < -0.39 is 6.29 Å². The van der Waals surface area contributed by atoms with Crippen molar-refractivity contribution in [2.45, 2.75) is 6.29 Å². The van der Waals surface area contributed by atoms with Gasteiger partial charge in [0.05, 0.1) is 10.5 Å². The van der Waals surface area contributed by atoms with Crippen LogP contribution in [0.3, 0.4) is 0 Å². The third-order valence-corrected chi connectivity index (χ3v) is 3.65. The molecule has 2 aromatic rings. The molecular weight excluding hydrogens is 319 g/mol. The highest BCUT2D eigenvalue weighted by molar-refractivity contribution is 9.10. The maximum atomic E-state index is 12.9. The van der Waals surface area contributed by atoms with Gasteiger partial charge in [-0.25, -0.2) is 0 Å². The zero-order chi connectivity index (χ0) is 12.2. The van der Waals surface area contributed by atoms with Crippen molar-refractivity contribution in [3.63, 3.8) is 0 Å². The van der Waals surface area contributed by atoms with Crippen molar-refractivity contribution in [3.05, 3.63) is 27.8 Å². The monoisotopic (exact) mass is 321 g/mol. The second-order valence-corrected chi connectivity index (χ2v) is 4.60. The van der Waals surface area contributed by atoms with Gasteiger partial charge in [-0.2, -0.15) is 0 Å². The topological polar surface area (TPSA) is 31.4 Å². The summed E-state index contributed by atoms with van der Waals surface area (Å²) in [5, 5.41) is 0.973. The summed E-state index contributed by atoms with van der Waals surface area (Å²) in [6.07, 6.45) is -2.20. The molecule has 88 valence electrons. The fraction of sp³-hybridized carbons (Fsp3) is 0.100. The molecule has 3 rings (SSSR count). The van der Waals surface area contributed by atoms with E-state index in [1.54, 1.807) is 0 Å². The molecule has 0 saturated carbocycles. The van der Waals surface area contributed by atoms with Crippen LogP contribution in [0.25, 0.3) is 10.9 Å². The van der Waals surface area contributed by atoms with Gasteiger partial charge in [0.15, 0.2) is 11.5 Å². The van der Waals surface area contributed by atoms with Crippen molar-refractivity contribution in [1.82, 2.24) is 4.98 Å². The molecule has 1 aliphatic rings. The molecule has 17 heavy (non-hydrogen) atoms. The standard InChI is InChI=1S/C10H3BrClF2NO2/c11-9-4-1-7-8(17-10(13,14)16-7)2-6(4)15-3-5(9)12/h1-3H. The molecular formula is C10H3BrClF2NO2. The highest BCUT2D eigenvalue weighted by Crippen LogP contribution is 2.44. The summed E-state index contributed by atoms with van der Waals surface area (Å²) in [7, 11) is 0. The summed E-state index contributed by atoms with van der Waals surface area (Å²) in [6.45, 7) is 0. The van der Waals surface area contributed by atoms with Gasteiger partial charge in [-0.1, -0.05) is 11.6 Å². The van der Waals surface area contributed by atoms with Crippen LogP contribution >= 0.6 is 27.5 Å². The van der Waals surface area contributed by atoms with Crippen LogP contribution in [-0.4, -0.2) is 11.3 Å². The third kappa shape index (κ3) is 1.71. The van der Waals surface area contributed by atoms with E-state index in [4.69, 9.17) is 11.6 Å². The number of hydrogen-bond donors (Lipinski definition) is 0. The van der Waals surface area contributed by atoms with Crippen molar-refractivity contribution >= 4 is 38.4 Å². The number of benzene rings is 1. The predicted molar refractivity (Wildman–Crippen MR) is 60.7 cm³/mol. The molecule has 1 aromatic carbocycles. The first-order valence-corrected chi connectivity index (χ1v) is 5.67. The summed E-state index contributed by atoms with van der Waals surface area (Å²) >= 11 is 9.13. The average Bonchev–Trinajstić information content (AvgIpc) is 2.54. The van der Waals surface area contributed by atoms with E-state index in [0.29, 0.717) is 20.4 Å². The van der Waals surface area contributed by atoms with Crippen LogP contribution < -0.4 is 9.47 Å². The van der Waals surface area contributed by atoms with Crippen molar-refractivity contribution in [3.8, 4) is 11.5 Å². The number of aromatic nitrogens is 1. The Morgan fingerprint density at radius 3 is 2.59 bits per heavy atom. The molecule has 0 bridgehead atoms. The van der Waals surface area contributed by atoms with Gasteiger partial charge < -0.3 is 9.47 Å². The maximum absolute atomic E-state index is 12.9. The lowest BCUT2D eigenvalue weighted by molar-refractivity contribution is -0.286. The van der Waals surface area contributed by atoms with Gasteiger partial charge in [0.25, 0.3) is 0 Å². The molecule has 0 aliphatic carbocycles. The molecule has 0 N–H and O–H groups in total. The van der Waals surface area contributed by atoms with Crippen LogP contribution in [0.4, 0.5) is 8.78 Å². The van der Waals surface area contributed by atoms with Crippen LogP contribution in [-0.2, 0) is 0 Å². The van der Waals surface area contributed by atoms with Crippen LogP contribution in [0.2, 0.25) is 5.02 Å². The zero-order valence-electron chi connectivity index (χ0n) is 8.01. The molecule has 0 spiro atoms. The first-order chi connectivity index (χ1) is 7.96. The summed E-state index contributed by atoms with van der Waals surface area (Å²) in [6, 6.07) is 2.79. The fourth-order valence-corrected chi connectivity index (χ4v) is 2.15. The quantitative estimate of drug-likeness (QED) is 0.735. The number of nitrogens with zero attached hydrogens (tertiary/aromatic N) is 1. The largest absolute Gasteiger partial charge is 0.586 e. The smallest absolute Gasteiger partial charge is 0.395 e.